The Labute approximate surface area is 268 Å². The van der Waals surface area contributed by atoms with E-state index < -0.39 is 52.2 Å². The molecule has 0 unspecified atom stereocenters. The second-order valence-corrected chi connectivity index (χ2v) is 12.4. The van der Waals surface area contributed by atoms with Crippen LogP contribution in [-0.4, -0.2) is 44.3 Å². The van der Waals surface area contributed by atoms with E-state index in [-0.39, 0.29) is 29.0 Å². The number of hydrogen-bond donors (Lipinski definition) is 1. The van der Waals surface area contributed by atoms with E-state index in [1.807, 2.05) is 0 Å². The van der Waals surface area contributed by atoms with Crippen LogP contribution < -0.4 is 4.74 Å². The number of rotatable bonds is 6. The smallest absolute Gasteiger partial charge is 0.433 e. The van der Waals surface area contributed by atoms with E-state index in [1.165, 1.54) is 42.5 Å². The molecule has 1 amide bonds. The van der Waals surface area contributed by atoms with E-state index in [2.05, 4.69) is 9.97 Å². The van der Waals surface area contributed by atoms with Crippen LogP contribution in [0.5, 0.6) is 5.88 Å². The summed E-state index contributed by atoms with van der Waals surface area (Å²) in [5, 5.41) is 8.24. The predicted molar refractivity (Wildman–Crippen MR) is 161 cm³/mol. The summed E-state index contributed by atoms with van der Waals surface area (Å²) in [6, 6.07) is 10.4. The van der Waals surface area contributed by atoms with Crippen molar-refractivity contribution >= 4 is 23.0 Å². The number of alkyl halides is 6. The van der Waals surface area contributed by atoms with E-state index in [9.17, 15) is 41.0 Å². The van der Waals surface area contributed by atoms with E-state index in [0.29, 0.717) is 34.2 Å². The van der Waals surface area contributed by atoms with Crippen molar-refractivity contribution in [3.63, 3.8) is 0 Å². The summed E-state index contributed by atoms with van der Waals surface area (Å²) >= 11 is 0.843. The maximum atomic E-state index is 14.1. The number of aromatic carboxylic acids is 1. The quantitative estimate of drug-likeness (QED) is 0.204. The minimum absolute atomic E-state index is 0.0848. The first-order chi connectivity index (χ1) is 22.2. The molecular weight excluding hydrogens is 648 g/mol. The largest absolute Gasteiger partial charge is 0.481 e. The Morgan fingerprint density at radius 1 is 0.936 bits per heavy atom. The van der Waals surface area contributed by atoms with Gasteiger partial charge in [0.2, 0.25) is 5.88 Å². The number of aromatic nitrogens is 2. The van der Waals surface area contributed by atoms with Gasteiger partial charge in [-0.2, -0.15) is 26.3 Å². The minimum atomic E-state index is -4.70. The number of halogens is 6. The Kier molecular flexibility index (Phi) is 8.19. The fourth-order valence-corrected chi connectivity index (χ4v) is 7.66. The highest BCUT2D eigenvalue weighted by atomic mass is 32.2. The van der Waals surface area contributed by atoms with Gasteiger partial charge in [-0.15, -0.1) is 0 Å². The Morgan fingerprint density at radius 3 is 2.34 bits per heavy atom. The van der Waals surface area contributed by atoms with Gasteiger partial charge in [0.15, 0.2) is 0 Å². The van der Waals surface area contributed by atoms with Gasteiger partial charge in [-0.3, -0.25) is 9.78 Å². The van der Waals surface area contributed by atoms with Crippen LogP contribution in [0.2, 0.25) is 0 Å². The summed E-state index contributed by atoms with van der Waals surface area (Å²) in [4.78, 5) is 34.2. The van der Waals surface area contributed by atoms with Crippen LogP contribution >= 0.6 is 11.8 Å². The Morgan fingerprint density at radius 2 is 1.68 bits per heavy atom. The molecule has 0 radical (unpaired) electrons. The molecule has 2 fully saturated rings. The number of nitrogens with zero attached hydrogens (tertiary/aromatic N) is 3. The van der Waals surface area contributed by atoms with Crippen LogP contribution in [0, 0.1) is 6.92 Å². The van der Waals surface area contributed by atoms with Gasteiger partial charge in [-0.25, -0.2) is 9.78 Å². The molecule has 3 atom stereocenters. The summed E-state index contributed by atoms with van der Waals surface area (Å²) in [6.45, 7) is 1.72. The van der Waals surface area contributed by atoms with Crippen LogP contribution in [0.15, 0.2) is 67.0 Å². The van der Waals surface area contributed by atoms with Gasteiger partial charge < -0.3 is 14.7 Å². The van der Waals surface area contributed by atoms with Gasteiger partial charge in [0, 0.05) is 29.6 Å². The summed E-state index contributed by atoms with van der Waals surface area (Å²) in [5.41, 5.74) is 1.01. The fraction of sp³-hybridized carbons (Fsp3) is 0.273. The zero-order valence-electron chi connectivity index (χ0n) is 24.7. The molecule has 1 N–H and O–H groups in total. The number of hydrogen-bond acceptors (Lipinski definition) is 6. The third-order valence-electron chi connectivity index (χ3n) is 8.48. The molecule has 2 aliphatic rings. The molecule has 2 saturated heterocycles. The topological polar surface area (TPSA) is 92.6 Å². The maximum absolute atomic E-state index is 14.1. The highest BCUT2D eigenvalue weighted by Gasteiger charge is 2.50. The van der Waals surface area contributed by atoms with Crippen LogP contribution in [0.1, 0.15) is 62.4 Å². The number of carboxylic acids is 1. The molecule has 7 nitrogen and oxygen atoms in total. The second-order valence-electron chi connectivity index (χ2n) is 11.3. The zero-order valence-corrected chi connectivity index (χ0v) is 25.5. The van der Waals surface area contributed by atoms with Crippen molar-refractivity contribution in [1.29, 1.82) is 0 Å². The molecule has 0 aliphatic carbocycles. The van der Waals surface area contributed by atoms with Gasteiger partial charge in [0.1, 0.15) is 5.69 Å². The fourth-order valence-electron chi connectivity index (χ4n) is 6.36. The monoisotopic (exact) mass is 673 g/mol. The number of benzene rings is 2. The number of pyridine rings is 2. The van der Waals surface area contributed by atoms with Crippen molar-refractivity contribution in [2.45, 2.75) is 49.5 Å². The Balaban J connectivity index is 1.45. The molecule has 14 heteroatoms. The lowest BCUT2D eigenvalue weighted by molar-refractivity contribution is -0.141. The predicted octanol–water partition coefficient (Wildman–Crippen LogP) is 8.98. The van der Waals surface area contributed by atoms with Crippen molar-refractivity contribution in [1.82, 2.24) is 14.9 Å². The molecular formula is C33H25F6N3O4S. The normalized spacial score (nSPS) is 19.6. The van der Waals surface area contributed by atoms with Crippen molar-refractivity contribution in [2.24, 2.45) is 0 Å². The highest BCUT2D eigenvalue weighted by molar-refractivity contribution is 8.14. The molecule has 0 spiro atoms. The Hall–Kier alpha value is -4.59. The Bertz CT molecular complexity index is 1900. The van der Waals surface area contributed by atoms with Gasteiger partial charge in [-0.1, -0.05) is 23.9 Å². The second kappa shape index (κ2) is 11.9. The highest BCUT2D eigenvalue weighted by Crippen LogP contribution is 2.55. The number of carbonyl (C=O) groups is 2. The molecule has 47 heavy (non-hydrogen) atoms. The molecule has 4 aromatic rings. The molecule has 244 valence electrons. The molecule has 2 aromatic carbocycles. The van der Waals surface area contributed by atoms with Crippen molar-refractivity contribution in [3.8, 4) is 28.1 Å². The molecule has 0 saturated carbocycles. The van der Waals surface area contributed by atoms with E-state index in [4.69, 9.17) is 4.74 Å². The number of methoxy groups -OCH3 is 1. The number of thioether (sulfide) groups is 1. The van der Waals surface area contributed by atoms with E-state index in [0.717, 1.165) is 36.2 Å². The van der Waals surface area contributed by atoms with E-state index >= 15 is 0 Å². The summed E-state index contributed by atoms with van der Waals surface area (Å²) in [6.07, 6.45) is -6.23. The van der Waals surface area contributed by atoms with Gasteiger partial charge >= 0.3 is 18.3 Å². The number of carbonyl (C=O) groups excluding carboxylic acids is 1. The summed E-state index contributed by atoms with van der Waals surface area (Å²) in [7, 11) is 1.36. The third-order valence-corrected chi connectivity index (χ3v) is 9.73. The lowest BCUT2D eigenvalue weighted by atomic mass is 9.90. The average Bonchev–Trinajstić information content (AvgIpc) is 3.60. The molecule has 2 aromatic heterocycles. The first-order valence-corrected chi connectivity index (χ1v) is 15.2. The number of ether oxygens (including phenoxy) is 1. The van der Waals surface area contributed by atoms with Crippen molar-refractivity contribution in [2.75, 3.05) is 7.11 Å². The SMILES string of the molecule is COc1ncc(-c2ccc(C(=O)O)cc2C)cc1-c1ccc(C(F)(F)F)cc1[C@@H]1CC[C@H]2[C@@H](c3ccnc(C(F)(F)F)c3)SC(=O)N12. The van der Waals surface area contributed by atoms with Crippen LogP contribution in [0.4, 0.5) is 31.1 Å². The van der Waals surface area contributed by atoms with E-state index in [1.54, 1.807) is 19.1 Å². The van der Waals surface area contributed by atoms with Crippen LogP contribution in [-0.2, 0) is 12.4 Å². The third kappa shape index (κ3) is 6.01. The molecule has 4 heterocycles. The maximum Gasteiger partial charge on any atom is 0.433 e. The lowest BCUT2D eigenvalue weighted by Gasteiger charge is -2.28. The number of fused-ring (bicyclic) bond motifs is 1. The van der Waals surface area contributed by atoms with Crippen molar-refractivity contribution < 1.29 is 45.8 Å². The van der Waals surface area contributed by atoms with Crippen LogP contribution in [0.25, 0.3) is 22.3 Å². The van der Waals surface area contributed by atoms with Crippen molar-refractivity contribution in [3.05, 3.63) is 101 Å². The first-order valence-electron chi connectivity index (χ1n) is 14.3. The zero-order chi connectivity index (χ0) is 33.8. The number of amides is 1. The summed E-state index contributed by atoms with van der Waals surface area (Å²) < 4.78 is 87.9. The first kappa shape index (κ1) is 32.4. The lowest BCUT2D eigenvalue weighted by Crippen LogP contribution is -2.31. The average molecular weight is 674 g/mol. The minimum Gasteiger partial charge on any atom is -0.481 e. The van der Waals surface area contributed by atoms with Gasteiger partial charge in [0.05, 0.1) is 29.5 Å². The van der Waals surface area contributed by atoms with Crippen LogP contribution in [0.3, 0.4) is 0 Å². The van der Waals surface area contributed by atoms with Gasteiger partial charge in [-0.05, 0) is 90.0 Å². The molecule has 0 bridgehead atoms. The standard InChI is InChI=1S/C33H25F6N3O4S/c1-16-11-18(30(43)44)3-5-21(16)19-12-24(29(46-2)41-15-19)22-6-4-20(32(34,35)36)14-23(22)25-7-8-26-28(47-31(45)42(25)26)17-9-10-40-27(13-17)33(37,38)39/h3-6,9-15,25-26,28H,7-8H2,1-2H3,(H,43,44)/t25-,26-,28+/m0/s1. The molecule has 2 aliphatic heterocycles. The number of aryl methyl sites for hydroxylation is 1. The number of carboxylic acid groups (broad SMARTS) is 1. The molecule has 6 rings (SSSR count). The van der Waals surface area contributed by atoms with Gasteiger partial charge in [0.25, 0.3) is 5.24 Å². The summed E-state index contributed by atoms with van der Waals surface area (Å²) in [5.74, 6) is -0.986.